The van der Waals surface area contributed by atoms with Crippen molar-refractivity contribution in [3.8, 4) is 5.75 Å². The molecule has 0 aliphatic heterocycles. The molecule has 0 aliphatic carbocycles. The van der Waals surface area contributed by atoms with Crippen LogP contribution in [-0.2, 0) is 0 Å². The fourth-order valence-corrected chi connectivity index (χ4v) is 1.93. The summed E-state index contributed by atoms with van der Waals surface area (Å²) in [6.07, 6.45) is 0. The summed E-state index contributed by atoms with van der Waals surface area (Å²) in [5.74, 6) is -0.626. The monoisotopic (exact) mass is 328 g/mol. The van der Waals surface area contributed by atoms with Gasteiger partial charge in [0.1, 0.15) is 17.4 Å². The van der Waals surface area contributed by atoms with Crippen LogP contribution >= 0.6 is 15.9 Å². The third-order valence-corrected chi connectivity index (χ3v) is 3.21. The van der Waals surface area contributed by atoms with Gasteiger partial charge in [-0.25, -0.2) is 8.78 Å². The van der Waals surface area contributed by atoms with E-state index in [1.54, 1.807) is 0 Å². The summed E-state index contributed by atoms with van der Waals surface area (Å²) in [4.78, 5) is 0. The number of nitrogens with one attached hydrogen (secondary N) is 1. The van der Waals surface area contributed by atoms with E-state index in [4.69, 9.17) is 10.5 Å². The Morgan fingerprint density at radius 1 is 1.16 bits per heavy atom. The van der Waals surface area contributed by atoms with E-state index in [2.05, 4.69) is 21.2 Å². The van der Waals surface area contributed by atoms with Crippen LogP contribution < -0.4 is 15.8 Å². The van der Waals surface area contributed by atoms with Gasteiger partial charge in [-0.15, -0.1) is 0 Å². The van der Waals surface area contributed by atoms with E-state index >= 15 is 0 Å². The molecule has 0 radical (unpaired) electrons. The Bertz CT molecular complexity index is 620. The maximum atomic E-state index is 13.8. The van der Waals surface area contributed by atoms with Crippen molar-refractivity contribution < 1.29 is 13.5 Å². The fraction of sp³-hybridized carbons (Fsp3) is 0.0769. The molecule has 0 atom stereocenters. The van der Waals surface area contributed by atoms with Crippen LogP contribution in [0.4, 0.5) is 25.8 Å². The van der Waals surface area contributed by atoms with Gasteiger partial charge in [-0.1, -0.05) is 0 Å². The first-order valence-electron chi connectivity index (χ1n) is 5.36. The van der Waals surface area contributed by atoms with Gasteiger partial charge in [0.25, 0.3) is 0 Å². The van der Waals surface area contributed by atoms with Crippen molar-refractivity contribution in [3.63, 3.8) is 0 Å². The van der Waals surface area contributed by atoms with Crippen molar-refractivity contribution in [2.45, 2.75) is 0 Å². The van der Waals surface area contributed by atoms with Crippen LogP contribution in [0.15, 0.2) is 34.8 Å². The van der Waals surface area contributed by atoms with Crippen LogP contribution in [0.1, 0.15) is 0 Å². The number of hydrogen-bond acceptors (Lipinski definition) is 3. The predicted molar refractivity (Wildman–Crippen MR) is 74.7 cm³/mol. The molecule has 3 nitrogen and oxygen atoms in total. The molecule has 0 bridgehead atoms. The van der Waals surface area contributed by atoms with E-state index < -0.39 is 11.6 Å². The van der Waals surface area contributed by atoms with E-state index in [1.807, 2.05) is 0 Å². The minimum Gasteiger partial charge on any atom is -0.495 e. The Morgan fingerprint density at radius 2 is 1.89 bits per heavy atom. The number of hydrogen-bond donors (Lipinski definition) is 2. The maximum Gasteiger partial charge on any atom is 0.148 e. The lowest BCUT2D eigenvalue weighted by molar-refractivity contribution is 0.416. The fourth-order valence-electron chi connectivity index (χ4n) is 1.58. The molecule has 0 unspecified atom stereocenters. The molecule has 2 rings (SSSR count). The van der Waals surface area contributed by atoms with E-state index in [9.17, 15) is 8.78 Å². The van der Waals surface area contributed by atoms with Crippen LogP contribution in [0.3, 0.4) is 0 Å². The Hall–Kier alpha value is -1.82. The molecule has 0 amide bonds. The van der Waals surface area contributed by atoms with Gasteiger partial charge in [0, 0.05) is 16.6 Å². The van der Waals surface area contributed by atoms with Crippen LogP contribution in [0.2, 0.25) is 0 Å². The van der Waals surface area contributed by atoms with Gasteiger partial charge in [0.2, 0.25) is 0 Å². The summed E-state index contributed by atoms with van der Waals surface area (Å²) >= 11 is 3.25. The topological polar surface area (TPSA) is 47.3 Å². The largest absolute Gasteiger partial charge is 0.495 e. The van der Waals surface area contributed by atoms with Crippen molar-refractivity contribution in [2.75, 3.05) is 18.2 Å². The van der Waals surface area contributed by atoms with Gasteiger partial charge < -0.3 is 15.8 Å². The molecular formula is C13H11BrF2N2O. The molecule has 2 aromatic carbocycles. The Kier molecular flexibility index (Phi) is 3.90. The molecule has 2 aromatic rings. The summed E-state index contributed by atoms with van der Waals surface area (Å²) < 4.78 is 32.6. The molecule has 0 spiro atoms. The molecule has 0 aromatic heterocycles. The van der Waals surface area contributed by atoms with Crippen molar-refractivity contribution in [2.24, 2.45) is 0 Å². The molecule has 0 fully saturated rings. The smallest absolute Gasteiger partial charge is 0.148 e. The maximum absolute atomic E-state index is 13.8. The second-order valence-electron chi connectivity index (χ2n) is 3.82. The summed E-state index contributed by atoms with van der Waals surface area (Å²) in [6, 6.07) is 6.65. The highest BCUT2D eigenvalue weighted by molar-refractivity contribution is 9.10. The second kappa shape index (κ2) is 5.44. The van der Waals surface area contributed by atoms with Gasteiger partial charge in [-0.3, -0.25) is 0 Å². The van der Waals surface area contributed by atoms with Crippen molar-refractivity contribution in [1.29, 1.82) is 0 Å². The average molecular weight is 329 g/mol. The summed E-state index contributed by atoms with van der Waals surface area (Å²) in [6.45, 7) is 0. The number of rotatable bonds is 3. The molecule has 6 heteroatoms. The number of benzene rings is 2. The van der Waals surface area contributed by atoms with E-state index in [1.165, 1.54) is 31.4 Å². The lowest BCUT2D eigenvalue weighted by Gasteiger charge is -2.12. The van der Waals surface area contributed by atoms with E-state index in [0.717, 1.165) is 6.07 Å². The molecule has 0 heterocycles. The minimum absolute atomic E-state index is 0.150. The molecule has 100 valence electrons. The number of halogens is 3. The Balaban J connectivity index is 2.40. The lowest BCUT2D eigenvalue weighted by atomic mass is 10.2. The Labute approximate surface area is 117 Å². The van der Waals surface area contributed by atoms with E-state index in [0.29, 0.717) is 15.9 Å². The van der Waals surface area contributed by atoms with Gasteiger partial charge >= 0.3 is 0 Å². The highest BCUT2D eigenvalue weighted by Crippen LogP contribution is 2.32. The van der Waals surface area contributed by atoms with Gasteiger partial charge in [-0.05, 0) is 34.1 Å². The molecule has 0 saturated carbocycles. The van der Waals surface area contributed by atoms with Gasteiger partial charge in [-0.2, -0.15) is 0 Å². The normalized spacial score (nSPS) is 10.3. The third kappa shape index (κ3) is 2.96. The molecule has 19 heavy (non-hydrogen) atoms. The summed E-state index contributed by atoms with van der Waals surface area (Å²) in [7, 11) is 1.44. The minimum atomic E-state index is -0.547. The average Bonchev–Trinajstić information content (AvgIpc) is 2.37. The molecular weight excluding hydrogens is 318 g/mol. The van der Waals surface area contributed by atoms with Crippen molar-refractivity contribution in [3.05, 3.63) is 46.4 Å². The summed E-state index contributed by atoms with van der Waals surface area (Å²) in [5, 5.41) is 2.79. The summed E-state index contributed by atoms with van der Waals surface area (Å²) in [5.41, 5.74) is 6.34. The SMILES string of the molecule is COc1cc(Nc2cc(F)ccc2Br)c(F)cc1N. The molecule has 0 aliphatic rings. The van der Waals surface area contributed by atoms with Crippen molar-refractivity contribution >= 4 is 33.0 Å². The standard InChI is InChI=1S/C13H11BrF2N2O/c1-19-13-6-12(9(16)5-10(13)17)18-11-4-7(15)2-3-8(11)14/h2-6,18H,17H2,1H3. The first-order valence-corrected chi connectivity index (χ1v) is 6.15. The lowest BCUT2D eigenvalue weighted by Crippen LogP contribution is -1.99. The highest BCUT2D eigenvalue weighted by atomic mass is 79.9. The number of nitrogens with two attached hydrogens (primary N) is 1. The predicted octanol–water partition coefficient (Wildman–Crippen LogP) is 4.06. The van der Waals surface area contributed by atoms with E-state index in [-0.39, 0.29) is 11.4 Å². The van der Waals surface area contributed by atoms with Gasteiger partial charge in [0.05, 0.1) is 24.2 Å². The third-order valence-electron chi connectivity index (χ3n) is 2.52. The highest BCUT2D eigenvalue weighted by Gasteiger charge is 2.10. The number of methoxy groups -OCH3 is 1. The first kappa shape index (κ1) is 13.6. The number of nitrogen functional groups attached to an aromatic ring is 1. The van der Waals surface area contributed by atoms with Gasteiger partial charge in [0.15, 0.2) is 0 Å². The molecule has 0 saturated heterocycles. The van der Waals surface area contributed by atoms with Crippen LogP contribution in [0.5, 0.6) is 5.75 Å². The number of ether oxygens (including phenoxy) is 1. The van der Waals surface area contributed by atoms with Crippen LogP contribution in [0, 0.1) is 11.6 Å². The molecule has 3 N–H and O–H groups in total. The quantitative estimate of drug-likeness (QED) is 0.835. The number of anilines is 3. The van der Waals surface area contributed by atoms with Crippen LogP contribution in [-0.4, -0.2) is 7.11 Å². The first-order chi connectivity index (χ1) is 9.01. The zero-order valence-electron chi connectivity index (χ0n) is 10.0. The second-order valence-corrected chi connectivity index (χ2v) is 4.68. The Morgan fingerprint density at radius 3 is 2.58 bits per heavy atom. The zero-order chi connectivity index (χ0) is 14.0. The zero-order valence-corrected chi connectivity index (χ0v) is 11.6. The van der Waals surface area contributed by atoms with Crippen molar-refractivity contribution in [1.82, 2.24) is 0 Å². The van der Waals surface area contributed by atoms with Crippen LogP contribution in [0.25, 0.3) is 0 Å².